The number of hydrogen-bond acceptors (Lipinski definition) is 21. The third-order valence-electron chi connectivity index (χ3n) is 27.1. The van der Waals surface area contributed by atoms with Gasteiger partial charge >= 0.3 is 48.7 Å². The van der Waals surface area contributed by atoms with Gasteiger partial charge in [-0.1, -0.05) is 198 Å². The summed E-state index contributed by atoms with van der Waals surface area (Å²) in [6.07, 6.45) is 31.0. The Morgan fingerprint density at radius 2 is 0.622 bits per heavy atom. The number of rotatable bonds is 20. The van der Waals surface area contributed by atoms with E-state index in [1.807, 2.05) is 97.9 Å². The number of phenols is 4. The predicted octanol–water partition coefficient (Wildman–Crippen LogP) is 12.5. The van der Waals surface area contributed by atoms with Gasteiger partial charge < -0.3 is 72.0 Å². The Morgan fingerprint density at radius 3 is 0.921 bits per heavy atom. The van der Waals surface area contributed by atoms with E-state index in [9.17, 15) is 63.9 Å². The minimum Gasteiger partial charge on any atom is -0.870 e. The zero-order valence-electron chi connectivity index (χ0n) is 74.4. The molecular weight excluding hydrogens is 1610 g/mol. The van der Waals surface area contributed by atoms with E-state index >= 15 is 0 Å². The van der Waals surface area contributed by atoms with Gasteiger partial charge in [-0.3, -0.25) is 53.2 Å². The molecule has 8 atom stereocenters. The number of nitrogens with two attached hydrogens (primary N) is 1. The van der Waals surface area contributed by atoms with E-state index in [1.54, 1.807) is 48.5 Å². The van der Waals surface area contributed by atoms with Crippen molar-refractivity contribution in [1.82, 2.24) is 35.6 Å². The first-order valence-electron chi connectivity index (χ1n) is 45.8. The second-order valence-corrected chi connectivity index (χ2v) is 35.6. The average Bonchev–Trinajstić information content (AvgIpc) is 0.829. The van der Waals surface area contributed by atoms with Crippen LogP contribution >= 0.6 is 0 Å². The van der Waals surface area contributed by atoms with Crippen LogP contribution < -0.4 is 40.5 Å². The quantitative estimate of drug-likeness (QED) is 0.0192. The van der Waals surface area contributed by atoms with Gasteiger partial charge in [0, 0.05) is 98.1 Å². The van der Waals surface area contributed by atoms with Crippen LogP contribution in [0.3, 0.4) is 0 Å². The number of fused-ring (bicyclic) bond motifs is 4. The maximum absolute atomic E-state index is 13.0. The largest absolute Gasteiger partial charge is 1.00 e. The number of piperidine rings is 4. The van der Waals surface area contributed by atoms with Crippen LogP contribution in [-0.4, -0.2) is 225 Å². The maximum atomic E-state index is 13.0. The number of likely N-dealkylation sites (tertiary alicyclic amines) is 4. The first-order valence-corrected chi connectivity index (χ1v) is 45.8. The van der Waals surface area contributed by atoms with Gasteiger partial charge in [0.05, 0.1) is 37.5 Å². The molecule has 0 unspecified atom stereocenters. The Bertz CT molecular complexity index is 4970. The summed E-state index contributed by atoms with van der Waals surface area (Å²) in [5, 5.41) is 75.0. The minimum absolute atomic E-state index is 0. The van der Waals surface area contributed by atoms with Gasteiger partial charge in [-0.25, -0.2) is 4.79 Å². The topological polar surface area (TPSA) is 391 Å². The molecule has 0 bridgehead atoms. The molecule has 127 heavy (non-hydrogen) atoms. The molecule has 8 aromatic carbocycles. The van der Waals surface area contributed by atoms with Crippen LogP contribution in [0.15, 0.2) is 146 Å². The normalized spacial score (nSPS) is 22.3. The molecule has 27 heteroatoms. The Labute approximate surface area is 757 Å². The fourth-order valence-electron chi connectivity index (χ4n) is 20.2. The van der Waals surface area contributed by atoms with E-state index in [4.69, 9.17) is 25.1 Å². The van der Waals surface area contributed by atoms with Gasteiger partial charge in [-0.2, -0.15) is 0 Å². The maximum Gasteiger partial charge on any atom is 1.00 e. The molecule has 0 spiro atoms. The van der Waals surface area contributed by atoms with Gasteiger partial charge in [0.15, 0.2) is 0 Å². The van der Waals surface area contributed by atoms with Gasteiger partial charge in [-0.05, 0) is 179 Å². The number of carboxylic acid groups (broad SMARTS) is 2. The second-order valence-electron chi connectivity index (χ2n) is 35.6. The number of methoxy groups -OCH3 is 2. The number of hydrogen-bond donors (Lipinski definition) is 10. The summed E-state index contributed by atoms with van der Waals surface area (Å²) in [4.78, 5) is 107. The number of aliphatic carboxylic acids is 1. The number of benzene rings is 8. The molecule has 4 heterocycles. The van der Waals surface area contributed by atoms with Gasteiger partial charge in [0.25, 0.3) is 17.7 Å². The number of carbonyl (C=O) groups excluding carboxylic acids is 6. The summed E-state index contributed by atoms with van der Waals surface area (Å²) in [5.41, 5.74) is 6.67. The molecule has 16 rings (SSSR count). The predicted molar refractivity (Wildman–Crippen MR) is 486 cm³/mol. The first-order chi connectivity index (χ1) is 60.6. The standard InChI is InChI=1S/C26H34N2O4.C25H32N2O4.C24H30N2O4.C14H26N2O2.C11H8O3.Li.H2O/c1-2-32-26(31)23-16-20(14-15-28(23)17-18-8-4-3-5-9-18)27-25(30)22-13-12-19-10-6-7-11-21(19)24(22)29;1-31-25(30)22-15-19(13-14-27(22)16-17-7-3-2-4-8-17)26-24(29)21-12-11-18-9-5-6-10-20(18)23(21)28;27-22-19-9-5-4-8-17(19)10-11-20(22)23(28)25-18-12-13-26(21(14-18)24(29)30)15-16-6-2-1-3-7-16;1-18-14(17)13-9-12(15)7-8-16(13)10-11-5-3-2-4-6-11;12-10-8-4-2-1-3-7(8)5-6-9(10)11(13)14;;/h6-7,10-13,18,20,23,29H,2-5,8-9,14-17H2,1H3,(H,27,30);5-6,9-12,17,19,22,28H,2-4,7-8,13-16H2,1H3,(H,26,29);4-5,8-11,16,18,21,27H,1-3,6-7,12-15H2,(H,25,28)(H,29,30);11-13H,2-10,15H2,1H3;1-6,12H,(H,13,14);;1H2/q;;;;;+1;/p-1/t20-,23+;19-,22+;18-,21+;12-,13+;;;/m1111.../s1. The van der Waals surface area contributed by atoms with Crippen LogP contribution in [0.5, 0.6) is 23.0 Å². The summed E-state index contributed by atoms with van der Waals surface area (Å²) in [6, 6.07) is 41.2. The molecule has 3 amide bonds. The number of aromatic hydroxyl groups is 4. The van der Waals surface area contributed by atoms with Crippen molar-refractivity contribution < 1.29 is 108 Å². The third kappa shape index (κ3) is 26.9. The molecular formula is C100H131LiN8O18. The zero-order valence-corrected chi connectivity index (χ0v) is 74.4. The number of carbonyl (C=O) groups is 8. The van der Waals surface area contributed by atoms with Crippen molar-refractivity contribution in [3.05, 3.63) is 168 Å². The van der Waals surface area contributed by atoms with E-state index in [0.29, 0.717) is 71.7 Å². The number of ether oxygens (including phenoxy) is 3. The van der Waals surface area contributed by atoms with Crippen molar-refractivity contribution >= 4 is 90.7 Å². The van der Waals surface area contributed by atoms with Crippen LogP contribution in [0.2, 0.25) is 0 Å². The minimum atomic E-state index is -1.12. The molecule has 8 fully saturated rings. The number of amides is 3. The van der Waals surface area contributed by atoms with Crippen LogP contribution in [0.25, 0.3) is 43.1 Å². The van der Waals surface area contributed by atoms with E-state index in [1.165, 1.54) is 149 Å². The second kappa shape index (κ2) is 49.1. The Kier molecular flexibility index (Phi) is 38.3. The summed E-state index contributed by atoms with van der Waals surface area (Å²) in [6.45, 7) is 9.04. The van der Waals surface area contributed by atoms with Gasteiger partial charge in [0.1, 0.15) is 52.7 Å². The van der Waals surface area contributed by atoms with Gasteiger partial charge in [-0.15, -0.1) is 0 Å². The molecule has 26 nitrogen and oxygen atoms in total. The van der Waals surface area contributed by atoms with Crippen LogP contribution in [0.4, 0.5) is 0 Å². The fraction of sp³-hybridized carbons (Fsp3) is 0.520. The Morgan fingerprint density at radius 1 is 0.354 bits per heavy atom. The summed E-state index contributed by atoms with van der Waals surface area (Å²) < 4.78 is 15.4. The molecule has 4 aliphatic carbocycles. The molecule has 4 saturated carbocycles. The van der Waals surface area contributed by atoms with Crippen molar-refractivity contribution in [2.45, 2.75) is 235 Å². The van der Waals surface area contributed by atoms with E-state index in [-0.39, 0.29) is 148 Å². The van der Waals surface area contributed by atoms with Crippen molar-refractivity contribution in [1.29, 1.82) is 0 Å². The number of phenolic OH excluding ortho intramolecular Hbond substituents is 3. The van der Waals surface area contributed by atoms with E-state index < -0.39 is 18.0 Å². The molecule has 4 aliphatic heterocycles. The SMILES string of the molecule is CCOC(=O)[C@@H]1C[C@H](NC(=O)c2ccc3ccccc3c2O)CCN1CC1CCCCC1.COC(=O)[C@@H]1C[C@H](N)CCN1CC1CCCCC1.COC(=O)[C@@H]1C[C@H](NC(=O)c2ccc3ccccc3c2O)CCN1CC1CCCCC1.O=C(N[C@@H]1CCN(CC2CCCCC2)[C@H](C(=O)O)C1)c1ccc2ccccc2c1O.O=C(O)c1ccc2ccccc2c1O.[Li+].[OH-]. The molecule has 8 aromatic rings. The Balaban J connectivity index is 0.000000169. The fourth-order valence-corrected chi connectivity index (χ4v) is 20.2. The molecule has 12 N–H and O–H groups in total. The van der Waals surface area contributed by atoms with Crippen LogP contribution in [0.1, 0.15) is 228 Å². The zero-order chi connectivity index (χ0) is 88.5. The van der Waals surface area contributed by atoms with Gasteiger partial charge in [0.2, 0.25) is 0 Å². The van der Waals surface area contributed by atoms with E-state index in [0.717, 1.165) is 105 Å². The number of nitrogens with one attached hydrogen (secondary N) is 3. The Hall–Kier alpha value is -9.88. The first kappa shape index (κ1) is 99.3. The number of carboxylic acids is 2. The average molecular weight is 1740 g/mol. The molecule has 4 saturated heterocycles. The summed E-state index contributed by atoms with van der Waals surface area (Å²) in [5.74, 6) is -1.03. The van der Waals surface area contributed by atoms with Crippen molar-refractivity contribution in [3.63, 3.8) is 0 Å². The smallest absolute Gasteiger partial charge is 0.870 e. The van der Waals surface area contributed by atoms with Crippen LogP contribution in [-0.2, 0) is 33.4 Å². The molecule has 680 valence electrons. The van der Waals surface area contributed by atoms with Crippen LogP contribution in [0, 0.1) is 23.7 Å². The van der Waals surface area contributed by atoms with Crippen molar-refractivity contribution in [2.24, 2.45) is 29.4 Å². The van der Waals surface area contributed by atoms with Crippen molar-refractivity contribution in [2.75, 3.05) is 73.2 Å². The summed E-state index contributed by atoms with van der Waals surface area (Å²) in [7, 11) is 2.90. The molecule has 8 aliphatic rings. The molecule has 0 radical (unpaired) electrons. The molecule has 0 aromatic heterocycles. The van der Waals surface area contributed by atoms with E-state index in [2.05, 4.69) is 35.6 Å². The number of aromatic carboxylic acids is 1. The van der Waals surface area contributed by atoms with Crippen molar-refractivity contribution in [3.8, 4) is 23.0 Å². The monoisotopic (exact) mass is 1740 g/mol. The number of nitrogens with zero attached hydrogens (tertiary/aromatic N) is 4. The summed E-state index contributed by atoms with van der Waals surface area (Å²) >= 11 is 0. The number of esters is 3. The third-order valence-corrected chi connectivity index (χ3v) is 27.1.